The van der Waals surface area contributed by atoms with Crippen molar-refractivity contribution < 1.29 is 4.42 Å². The van der Waals surface area contributed by atoms with Crippen molar-refractivity contribution in [2.45, 2.75) is 13.0 Å². The van der Waals surface area contributed by atoms with Gasteiger partial charge in [0.1, 0.15) is 5.76 Å². The van der Waals surface area contributed by atoms with E-state index in [0.717, 1.165) is 10.2 Å². The summed E-state index contributed by atoms with van der Waals surface area (Å²) in [6.45, 7) is 1.87. The molecule has 0 unspecified atom stereocenters. The van der Waals surface area contributed by atoms with Crippen molar-refractivity contribution in [3.8, 4) is 0 Å². The lowest BCUT2D eigenvalue weighted by molar-refractivity contribution is 0.460. The van der Waals surface area contributed by atoms with Gasteiger partial charge < -0.3 is 10.2 Å². The monoisotopic (exact) mass is 267 g/mol. The summed E-state index contributed by atoms with van der Waals surface area (Å²) < 4.78 is 6.82. The van der Waals surface area contributed by atoms with Gasteiger partial charge in [0.15, 0.2) is 4.67 Å². The normalized spacial score (nSPS) is 13.6. The lowest BCUT2D eigenvalue weighted by atomic mass is 10.3. The molecule has 1 aromatic rings. The van der Waals surface area contributed by atoms with E-state index in [1.54, 1.807) is 0 Å². The molecule has 0 radical (unpaired) electrons. The van der Waals surface area contributed by atoms with Crippen LogP contribution in [0.4, 0.5) is 0 Å². The van der Waals surface area contributed by atoms with Crippen LogP contribution in [0.5, 0.6) is 0 Å². The third kappa shape index (κ3) is 1.62. The molecule has 0 saturated heterocycles. The van der Waals surface area contributed by atoms with Crippen molar-refractivity contribution in [3.63, 3.8) is 0 Å². The molecule has 0 aliphatic carbocycles. The topological polar surface area (TPSA) is 39.2 Å². The van der Waals surface area contributed by atoms with Crippen molar-refractivity contribution in [1.82, 2.24) is 0 Å². The van der Waals surface area contributed by atoms with Gasteiger partial charge in [0.25, 0.3) is 0 Å². The van der Waals surface area contributed by atoms with E-state index in [-0.39, 0.29) is 6.04 Å². The molecule has 0 aliphatic heterocycles. The summed E-state index contributed by atoms with van der Waals surface area (Å²) in [6, 6.07) is 1.80. The zero-order valence-electron chi connectivity index (χ0n) is 5.40. The van der Waals surface area contributed by atoms with E-state index in [9.17, 15) is 0 Å². The Kier molecular flexibility index (Phi) is 2.55. The third-order valence-electron chi connectivity index (χ3n) is 1.11. The third-order valence-corrected chi connectivity index (χ3v) is 2.82. The van der Waals surface area contributed by atoms with Crippen LogP contribution in [0.25, 0.3) is 0 Å². The fourth-order valence-electron chi connectivity index (χ4n) is 0.588. The molecule has 1 rings (SSSR count). The Hall–Kier alpha value is 0.200. The first kappa shape index (κ1) is 8.30. The van der Waals surface area contributed by atoms with E-state index in [2.05, 4.69) is 31.9 Å². The van der Waals surface area contributed by atoms with Gasteiger partial charge in [0, 0.05) is 0 Å². The van der Waals surface area contributed by atoms with Gasteiger partial charge in [0.2, 0.25) is 0 Å². The summed E-state index contributed by atoms with van der Waals surface area (Å²) in [4.78, 5) is 0. The summed E-state index contributed by atoms with van der Waals surface area (Å²) in [5, 5.41) is 0. The SMILES string of the molecule is C[C@@H](N)c1cc(Br)c(Br)o1. The van der Waals surface area contributed by atoms with E-state index >= 15 is 0 Å². The highest BCUT2D eigenvalue weighted by Crippen LogP contribution is 2.28. The van der Waals surface area contributed by atoms with E-state index in [0.29, 0.717) is 4.67 Å². The van der Waals surface area contributed by atoms with Gasteiger partial charge in [-0.2, -0.15) is 0 Å². The predicted octanol–water partition coefficient (Wildman–Crippen LogP) is 2.82. The molecular weight excluding hydrogens is 262 g/mol. The lowest BCUT2D eigenvalue weighted by Gasteiger charge is -1.96. The standard InChI is InChI=1S/C6H7Br2NO/c1-3(9)5-2-4(7)6(8)10-5/h2-3H,9H2,1H3/t3-/m1/s1. The minimum absolute atomic E-state index is 0.0531. The van der Waals surface area contributed by atoms with E-state index in [1.165, 1.54) is 0 Å². The molecule has 0 aromatic carbocycles. The van der Waals surface area contributed by atoms with E-state index in [1.807, 2.05) is 13.0 Å². The van der Waals surface area contributed by atoms with Crippen LogP contribution in [0, 0.1) is 0 Å². The summed E-state index contributed by atoms with van der Waals surface area (Å²) in [5.74, 6) is 0.777. The molecule has 4 heteroatoms. The fourth-order valence-corrected chi connectivity index (χ4v) is 1.20. The minimum atomic E-state index is -0.0531. The maximum absolute atomic E-state index is 5.56. The zero-order valence-corrected chi connectivity index (χ0v) is 8.57. The van der Waals surface area contributed by atoms with Crippen LogP contribution in [-0.4, -0.2) is 0 Å². The second-order valence-corrected chi connectivity index (χ2v) is 3.63. The van der Waals surface area contributed by atoms with Gasteiger partial charge in [-0.3, -0.25) is 0 Å². The summed E-state index contributed by atoms with van der Waals surface area (Å²) in [6.07, 6.45) is 0. The Balaban J connectivity index is 2.98. The summed E-state index contributed by atoms with van der Waals surface area (Å²) in [7, 11) is 0. The summed E-state index contributed by atoms with van der Waals surface area (Å²) >= 11 is 6.50. The predicted molar refractivity (Wildman–Crippen MR) is 46.7 cm³/mol. The smallest absolute Gasteiger partial charge is 0.183 e. The van der Waals surface area contributed by atoms with E-state index < -0.39 is 0 Å². The van der Waals surface area contributed by atoms with Crippen molar-refractivity contribution in [2.24, 2.45) is 5.73 Å². The molecule has 2 nitrogen and oxygen atoms in total. The number of furan rings is 1. The van der Waals surface area contributed by atoms with Gasteiger partial charge >= 0.3 is 0 Å². The maximum atomic E-state index is 5.56. The number of hydrogen-bond donors (Lipinski definition) is 1. The largest absolute Gasteiger partial charge is 0.451 e. The van der Waals surface area contributed by atoms with Crippen LogP contribution < -0.4 is 5.73 Å². The van der Waals surface area contributed by atoms with Crippen LogP contribution in [0.2, 0.25) is 0 Å². The first-order chi connectivity index (χ1) is 4.61. The average Bonchev–Trinajstić information content (AvgIpc) is 2.13. The molecule has 1 aromatic heterocycles. The number of hydrogen-bond acceptors (Lipinski definition) is 2. The van der Waals surface area contributed by atoms with Crippen LogP contribution in [0.15, 0.2) is 19.6 Å². The highest BCUT2D eigenvalue weighted by molar-refractivity contribution is 9.13. The molecule has 0 aliphatic rings. The quantitative estimate of drug-likeness (QED) is 0.851. The number of halogens is 2. The number of nitrogens with two attached hydrogens (primary N) is 1. The van der Waals surface area contributed by atoms with Gasteiger partial charge in [-0.25, -0.2) is 0 Å². The van der Waals surface area contributed by atoms with Crippen molar-refractivity contribution >= 4 is 31.9 Å². The Morgan fingerprint density at radius 3 is 2.40 bits per heavy atom. The van der Waals surface area contributed by atoms with E-state index in [4.69, 9.17) is 10.2 Å². The molecule has 2 N–H and O–H groups in total. The zero-order chi connectivity index (χ0) is 7.72. The molecule has 0 amide bonds. The lowest BCUT2D eigenvalue weighted by Crippen LogP contribution is -2.02. The molecule has 0 spiro atoms. The van der Waals surface area contributed by atoms with Crippen molar-refractivity contribution in [1.29, 1.82) is 0 Å². The maximum Gasteiger partial charge on any atom is 0.183 e. The van der Waals surface area contributed by atoms with Crippen LogP contribution in [0.3, 0.4) is 0 Å². The van der Waals surface area contributed by atoms with Crippen LogP contribution in [-0.2, 0) is 0 Å². The first-order valence-electron chi connectivity index (χ1n) is 2.81. The van der Waals surface area contributed by atoms with Crippen molar-refractivity contribution in [2.75, 3.05) is 0 Å². The van der Waals surface area contributed by atoms with Crippen molar-refractivity contribution in [3.05, 3.63) is 21.0 Å². The number of rotatable bonds is 1. The second kappa shape index (κ2) is 3.07. The first-order valence-corrected chi connectivity index (χ1v) is 4.40. The Labute approximate surface area is 76.0 Å². The molecule has 1 atom stereocenters. The minimum Gasteiger partial charge on any atom is -0.451 e. The summed E-state index contributed by atoms with van der Waals surface area (Å²) in [5.41, 5.74) is 5.56. The van der Waals surface area contributed by atoms with Gasteiger partial charge in [-0.05, 0) is 44.8 Å². The average molecular weight is 269 g/mol. The van der Waals surface area contributed by atoms with Crippen LogP contribution in [0.1, 0.15) is 18.7 Å². The molecule has 0 bridgehead atoms. The molecule has 56 valence electrons. The molecular formula is C6H7Br2NO. The Morgan fingerprint density at radius 2 is 2.20 bits per heavy atom. The highest BCUT2D eigenvalue weighted by Gasteiger charge is 2.08. The highest BCUT2D eigenvalue weighted by atomic mass is 79.9. The van der Waals surface area contributed by atoms with Gasteiger partial charge in [-0.15, -0.1) is 0 Å². The Morgan fingerprint density at radius 1 is 1.60 bits per heavy atom. The molecule has 1 heterocycles. The molecule has 10 heavy (non-hydrogen) atoms. The van der Waals surface area contributed by atoms with Crippen LogP contribution >= 0.6 is 31.9 Å². The van der Waals surface area contributed by atoms with Gasteiger partial charge in [-0.1, -0.05) is 0 Å². The Bertz CT molecular complexity index is 212. The van der Waals surface area contributed by atoms with Gasteiger partial charge in [0.05, 0.1) is 10.5 Å². The molecule has 0 fully saturated rings. The second-order valence-electron chi connectivity index (χ2n) is 2.06. The molecule has 0 saturated carbocycles. The fraction of sp³-hybridized carbons (Fsp3) is 0.333.